The molecule has 9 heteroatoms. The monoisotopic (exact) mass is 460 g/mol. The lowest BCUT2D eigenvalue weighted by molar-refractivity contribution is -0.143. The van der Waals surface area contributed by atoms with Crippen LogP contribution in [0.2, 0.25) is 0 Å². The van der Waals surface area contributed by atoms with Gasteiger partial charge < -0.3 is 20.5 Å². The van der Waals surface area contributed by atoms with Gasteiger partial charge in [0, 0.05) is 24.7 Å². The summed E-state index contributed by atoms with van der Waals surface area (Å²) in [5, 5.41) is 18.6. The molecule has 1 fully saturated rings. The Morgan fingerprint density at radius 1 is 1.12 bits per heavy atom. The largest absolute Gasteiger partial charge is 0.480 e. The molecule has 34 heavy (non-hydrogen) atoms. The van der Waals surface area contributed by atoms with Gasteiger partial charge in [-0.2, -0.15) is 5.10 Å². The van der Waals surface area contributed by atoms with Crippen molar-refractivity contribution in [2.45, 2.75) is 30.3 Å². The van der Waals surface area contributed by atoms with Crippen molar-refractivity contribution in [2.75, 3.05) is 6.61 Å². The Labute approximate surface area is 195 Å². The van der Waals surface area contributed by atoms with E-state index in [0.29, 0.717) is 18.4 Å². The van der Waals surface area contributed by atoms with Gasteiger partial charge in [-0.25, -0.2) is 9.59 Å². The van der Waals surface area contributed by atoms with Crippen molar-refractivity contribution < 1.29 is 24.2 Å². The summed E-state index contributed by atoms with van der Waals surface area (Å²) >= 11 is 0. The average molecular weight is 460 g/mol. The second-order valence-corrected chi connectivity index (χ2v) is 8.73. The fraction of sp³-hybridized carbons (Fsp3) is 0.280. The zero-order chi connectivity index (χ0) is 23.9. The molecule has 0 bridgehead atoms. The first-order valence-electron chi connectivity index (χ1n) is 11.0. The number of aliphatic carboxylic acids is 1. The van der Waals surface area contributed by atoms with Gasteiger partial charge in [0.25, 0.3) is 0 Å². The minimum Gasteiger partial charge on any atom is -0.480 e. The van der Waals surface area contributed by atoms with Crippen molar-refractivity contribution in [2.24, 2.45) is 7.05 Å². The normalized spacial score (nSPS) is 16.1. The van der Waals surface area contributed by atoms with Crippen LogP contribution < -0.4 is 10.6 Å². The Hall–Kier alpha value is -4.14. The summed E-state index contributed by atoms with van der Waals surface area (Å²) in [5.74, 6) is -1.83. The van der Waals surface area contributed by atoms with E-state index in [4.69, 9.17) is 4.74 Å². The van der Waals surface area contributed by atoms with Crippen molar-refractivity contribution in [1.82, 2.24) is 20.4 Å². The predicted molar refractivity (Wildman–Crippen MR) is 122 cm³/mol. The minimum atomic E-state index is -1.28. The lowest BCUT2D eigenvalue weighted by atomic mass is 9.98. The number of ether oxygens (including phenoxy) is 1. The number of carbonyl (C=O) groups is 3. The Kier molecular flexibility index (Phi) is 5.31. The summed E-state index contributed by atoms with van der Waals surface area (Å²) in [6.45, 7) is 0.0975. The Morgan fingerprint density at radius 3 is 2.26 bits per heavy atom. The quantitative estimate of drug-likeness (QED) is 0.498. The molecule has 2 aliphatic carbocycles. The van der Waals surface area contributed by atoms with Crippen molar-refractivity contribution in [1.29, 1.82) is 0 Å². The van der Waals surface area contributed by atoms with Gasteiger partial charge in [0.15, 0.2) is 0 Å². The van der Waals surface area contributed by atoms with Crippen LogP contribution in [0.5, 0.6) is 0 Å². The third-order valence-electron chi connectivity index (χ3n) is 6.45. The van der Waals surface area contributed by atoms with Crippen LogP contribution in [0.1, 0.15) is 41.5 Å². The molecule has 3 N–H and O–H groups in total. The first-order chi connectivity index (χ1) is 16.4. The van der Waals surface area contributed by atoms with E-state index in [-0.39, 0.29) is 12.5 Å². The number of rotatable bonds is 7. The van der Waals surface area contributed by atoms with Crippen LogP contribution in [0.4, 0.5) is 4.79 Å². The molecule has 2 aliphatic rings. The Morgan fingerprint density at radius 2 is 1.74 bits per heavy atom. The van der Waals surface area contributed by atoms with Crippen molar-refractivity contribution >= 4 is 18.0 Å². The molecule has 0 radical (unpaired) electrons. The molecule has 9 nitrogen and oxygen atoms in total. The number of carboxylic acid groups (broad SMARTS) is 1. The number of fused-ring (bicyclic) bond motifs is 3. The zero-order valence-corrected chi connectivity index (χ0v) is 18.5. The van der Waals surface area contributed by atoms with Gasteiger partial charge in [0.2, 0.25) is 5.91 Å². The predicted octanol–water partition coefficient (Wildman–Crippen LogP) is 2.73. The number of aryl methyl sites for hydroxylation is 1. The van der Waals surface area contributed by atoms with E-state index >= 15 is 0 Å². The highest BCUT2D eigenvalue weighted by molar-refractivity contribution is 5.93. The number of nitrogens with zero attached hydrogens (tertiary/aromatic N) is 2. The van der Waals surface area contributed by atoms with E-state index < -0.39 is 29.6 Å². The molecule has 1 heterocycles. The summed E-state index contributed by atoms with van der Waals surface area (Å²) in [7, 11) is 1.69. The number of carboxylic acids is 1. The maximum Gasteiger partial charge on any atom is 0.408 e. The fourth-order valence-corrected chi connectivity index (χ4v) is 4.47. The zero-order valence-electron chi connectivity index (χ0n) is 18.5. The highest BCUT2D eigenvalue weighted by Gasteiger charge is 2.52. The minimum absolute atomic E-state index is 0.0975. The molecule has 1 atom stereocenters. The van der Waals surface area contributed by atoms with Crippen LogP contribution in [0.25, 0.3) is 11.1 Å². The molecule has 1 saturated carbocycles. The molecule has 174 valence electrons. The first-order valence-corrected chi connectivity index (χ1v) is 11.0. The summed E-state index contributed by atoms with van der Waals surface area (Å²) in [6, 6.07) is 14.9. The lowest BCUT2D eigenvalue weighted by Crippen LogP contribution is -2.49. The molecule has 1 aromatic heterocycles. The maximum absolute atomic E-state index is 13.0. The molecule has 3 aromatic rings. The van der Waals surface area contributed by atoms with Crippen LogP contribution in [0.15, 0.2) is 60.9 Å². The summed E-state index contributed by atoms with van der Waals surface area (Å²) < 4.78 is 7.07. The fourth-order valence-electron chi connectivity index (χ4n) is 4.47. The van der Waals surface area contributed by atoms with Crippen LogP contribution in [0, 0.1) is 0 Å². The van der Waals surface area contributed by atoms with E-state index in [0.717, 1.165) is 22.3 Å². The second-order valence-electron chi connectivity index (χ2n) is 8.73. The Bertz CT molecular complexity index is 1230. The van der Waals surface area contributed by atoms with Gasteiger partial charge in [-0.1, -0.05) is 48.5 Å². The van der Waals surface area contributed by atoms with E-state index in [1.54, 1.807) is 13.2 Å². The van der Waals surface area contributed by atoms with Crippen molar-refractivity contribution in [3.8, 4) is 11.1 Å². The van der Waals surface area contributed by atoms with E-state index in [9.17, 15) is 19.5 Å². The number of aromatic nitrogens is 2. The van der Waals surface area contributed by atoms with Gasteiger partial charge in [-0.3, -0.25) is 9.48 Å². The maximum atomic E-state index is 13.0. The van der Waals surface area contributed by atoms with Crippen LogP contribution in [-0.2, 0) is 21.4 Å². The van der Waals surface area contributed by atoms with Crippen LogP contribution in [0.3, 0.4) is 0 Å². The van der Waals surface area contributed by atoms with Crippen LogP contribution in [-0.4, -0.2) is 45.0 Å². The van der Waals surface area contributed by atoms with E-state index in [1.807, 2.05) is 48.5 Å². The molecule has 5 rings (SSSR count). The number of benzene rings is 2. The number of hydrogen-bond donors (Lipinski definition) is 3. The average Bonchev–Trinajstić information content (AvgIpc) is 3.38. The molecule has 0 saturated heterocycles. The van der Waals surface area contributed by atoms with Gasteiger partial charge in [-0.15, -0.1) is 0 Å². The van der Waals surface area contributed by atoms with Gasteiger partial charge in [0.1, 0.15) is 18.2 Å². The molecule has 2 amide bonds. The topological polar surface area (TPSA) is 123 Å². The Balaban J connectivity index is 1.31. The lowest BCUT2D eigenvalue weighted by Gasteiger charge is -2.21. The van der Waals surface area contributed by atoms with Crippen LogP contribution >= 0.6 is 0 Å². The molecular weight excluding hydrogens is 436 g/mol. The molecular formula is C25H24N4O5. The first kappa shape index (κ1) is 21.7. The highest BCUT2D eigenvalue weighted by Crippen LogP contribution is 2.44. The summed E-state index contributed by atoms with van der Waals surface area (Å²) in [5.41, 5.74) is 3.53. The molecule has 0 aliphatic heterocycles. The third kappa shape index (κ3) is 3.89. The number of amides is 2. The summed E-state index contributed by atoms with van der Waals surface area (Å²) in [6.07, 6.45) is 2.96. The second kappa shape index (κ2) is 8.33. The standard InChI is InChI=1S/C25H24N4O5/c1-29-13-15(12-26-29)21(22(30)28-25(10-11-25)23(31)32)27-24(33)34-14-20-18-8-4-2-6-16(18)17-7-3-5-9-19(17)20/h2-9,12-13,20-21H,10-11,14H2,1H3,(H,27,33)(H,28,30)(H,31,32). The van der Waals surface area contributed by atoms with Gasteiger partial charge >= 0.3 is 12.1 Å². The number of nitrogens with one attached hydrogen (secondary N) is 2. The molecule has 2 aromatic carbocycles. The molecule has 0 spiro atoms. The number of carbonyl (C=O) groups excluding carboxylic acids is 2. The SMILES string of the molecule is Cn1cc(C(NC(=O)OCC2c3ccccc3-c3ccccc32)C(=O)NC2(C(=O)O)CC2)cn1. The van der Waals surface area contributed by atoms with Crippen molar-refractivity contribution in [3.63, 3.8) is 0 Å². The number of alkyl carbamates (subject to hydrolysis) is 1. The smallest absolute Gasteiger partial charge is 0.408 e. The van der Waals surface area contributed by atoms with Gasteiger partial charge in [-0.05, 0) is 35.1 Å². The van der Waals surface area contributed by atoms with E-state index in [1.165, 1.54) is 10.9 Å². The number of hydrogen-bond acceptors (Lipinski definition) is 5. The molecule has 1 unspecified atom stereocenters. The highest BCUT2D eigenvalue weighted by atomic mass is 16.5. The van der Waals surface area contributed by atoms with E-state index in [2.05, 4.69) is 15.7 Å². The van der Waals surface area contributed by atoms with Crippen molar-refractivity contribution in [3.05, 3.63) is 77.6 Å². The van der Waals surface area contributed by atoms with Gasteiger partial charge in [0.05, 0.1) is 6.20 Å². The third-order valence-corrected chi connectivity index (χ3v) is 6.45. The summed E-state index contributed by atoms with van der Waals surface area (Å²) in [4.78, 5) is 37.2.